The van der Waals surface area contributed by atoms with Gasteiger partial charge in [0, 0.05) is 36.7 Å². The number of ether oxygens (including phenoxy) is 2. The zero-order valence-corrected chi connectivity index (χ0v) is 26.4. The molecule has 1 aliphatic carbocycles. The van der Waals surface area contributed by atoms with Gasteiger partial charge in [0.15, 0.2) is 11.2 Å². The van der Waals surface area contributed by atoms with Gasteiger partial charge in [0.25, 0.3) is 5.91 Å². The molecule has 1 amide bonds. The lowest BCUT2D eigenvalue weighted by Gasteiger charge is -2.18. The number of nitrogens with one attached hydrogen (secondary N) is 1. The first-order valence-electron chi connectivity index (χ1n) is 14.8. The molecule has 0 radical (unpaired) electrons. The number of carbonyl (C=O) groups is 2. The van der Waals surface area contributed by atoms with E-state index in [-0.39, 0.29) is 36.8 Å². The van der Waals surface area contributed by atoms with Crippen LogP contribution in [-0.2, 0) is 22.5 Å². The van der Waals surface area contributed by atoms with Gasteiger partial charge in [-0.3, -0.25) is 10.1 Å². The SMILES string of the molecule is C=C1C=CC(COc2cccc(-c3ccc(Cc4nc5ccc(C(=O)O)cc5n4C[C@H](OC)C(=O)Nc4nccs4)c(F)c3)n2)C(F)=C1. The number of anilines is 1. The maximum Gasteiger partial charge on any atom is 0.335 e. The fourth-order valence-electron chi connectivity index (χ4n) is 5.20. The van der Waals surface area contributed by atoms with E-state index in [1.165, 1.54) is 42.7 Å². The highest BCUT2D eigenvalue weighted by molar-refractivity contribution is 7.13. The number of carboxylic acid groups (broad SMARTS) is 1. The van der Waals surface area contributed by atoms with Crippen LogP contribution in [0, 0.1) is 11.7 Å². The summed E-state index contributed by atoms with van der Waals surface area (Å²) >= 11 is 1.25. The minimum absolute atomic E-state index is 0.0237. The molecule has 6 rings (SSSR count). The standard InChI is InChI=1S/C35H29F2N5O5S/c1-20-6-7-24(25(36)14-20)19-47-32-5-3-4-27(40-32)22-9-8-21(26(37)15-22)17-31-39-28-11-10-23(34(44)45)16-29(28)42(31)18-30(46-2)33(43)41-35-38-12-13-48-35/h3-16,24,30H,1,17-19H2,2H3,(H,44,45)(H,38,41,43)/t24?,30-/m0/s1. The number of thiazole rings is 1. The highest BCUT2D eigenvalue weighted by Crippen LogP contribution is 2.27. The molecule has 0 fully saturated rings. The van der Waals surface area contributed by atoms with Crippen molar-refractivity contribution in [3.63, 3.8) is 0 Å². The first-order valence-corrected chi connectivity index (χ1v) is 15.6. The lowest BCUT2D eigenvalue weighted by molar-refractivity contribution is -0.126. The van der Waals surface area contributed by atoms with E-state index in [0.29, 0.717) is 44.4 Å². The number of carbonyl (C=O) groups excluding carboxylic acids is 1. The molecule has 0 aliphatic heterocycles. The molecule has 0 saturated carbocycles. The molecule has 2 atom stereocenters. The van der Waals surface area contributed by atoms with Gasteiger partial charge in [0.1, 0.15) is 24.1 Å². The van der Waals surface area contributed by atoms with Crippen LogP contribution in [0.25, 0.3) is 22.3 Å². The predicted octanol–water partition coefficient (Wildman–Crippen LogP) is 6.61. The third-order valence-corrected chi connectivity index (χ3v) is 8.40. The lowest BCUT2D eigenvalue weighted by atomic mass is 10.0. The fraction of sp³-hybridized carbons (Fsp3) is 0.171. The summed E-state index contributed by atoms with van der Waals surface area (Å²) in [6.45, 7) is 3.74. The van der Waals surface area contributed by atoms with Crippen molar-refractivity contribution in [1.29, 1.82) is 0 Å². The van der Waals surface area contributed by atoms with Crippen molar-refractivity contribution >= 4 is 39.4 Å². The summed E-state index contributed by atoms with van der Waals surface area (Å²) in [6.07, 6.45) is 5.37. The molecular formula is C35H29F2N5O5S. The Morgan fingerprint density at radius 2 is 2.00 bits per heavy atom. The highest BCUT2D eigenvalue weighted by atomic mass is 32.1. The average Bonchev–Trinajstić information content (AvgIpc) is 3.71. The van der Waals surface area contributed by atoms with E-state index >= 15 is 4.39 Å². The molecule has 48 heavy (non-hydrogen) atoms. The van der Waals surface area contributed by atoms with Crippen LogP contribution < -0.4 is 10.1 Å². The van der Waals surface area contributed by atoms with Crippen LogP contribution >= 0.6 is 11.3 Å². The summed E-state index contributed by atoms with van der Waals surface area (Å²) in [5, 5.41) is 14.4. The van der Waals surface area contributed by atoms with Gasteiger partial charge in [-0.1, -0.05) is 36.9 Å². The number of methoxy groups -OCH3 is 1. The number of hydrogen-bond donors (Lipinski definition) is 2. The largest absolute Gasteiger partial charge is 0.478 e. The Labute approximate surface area is 277 Å². The van der Waals surface area contributed by atoms with Crippen molar-refractivity contribution in [2.75, 3.05) is 19.0 Å². The number of imidazole rings is 1. The Morgan fingerprint density at radius 1 is 1.15 bits per heavy atom. The number of benzene rings is 2. The first-order chi connectivity index (χ1) is 23.2. The quantitative estimate of drug-likeness (QED) is 0.152. The smallest absolute Gasteiger partial charge is 0.335 e. The molecule has 1 aliphatic rings. The van der Waals surface area contributed by atoms with Gasteiger partial charge < -0.3 is 19.1 Å². The van der Waals surface area contributed by atoms with Crippen molar-refractivity contribution in [2.45, 2.75) is 19.1 Å². The van der Waals surface area contributed by atoms with E-state index in [0.717, 1.165) is 0 Å². The monoisotopic (exact) mass is 669 g/mol. The van der Waals surface area contributed by atoms with Crippen molar-refractivity contribution in [1.82, 2.24) is 19.5 Å². The van der Waals surface area contributed by atoms with Gasteiger partial charge in [0.05, 0.1) is 34.8 Å². The Kier molecular flexibility index (Phi) is 9.50. The van der Waals surface area contributed by atoms with Crippen molar-refractivity contribution < 1.29 is 33.0 Å². The van der Waals surface area contributed by atoms with Gasteiger partial charge in [0.2, 0.25) is 5.88 Å². The van der Waals surface area contributed by atoms with Crippen LogP contribution in [-0.4, -0.2) is 56.3 Å². The Balaban J connectivity index is 1.24. The number of halogens is 2. The molecule has 1 unspecified atom stereocenters. The highest BCUT2D eigenvalue weighted by Gasteiger charge is 2.24. The maximum absolute atomic E-state index is 15.7. The first kappa shape index (κ1) is 32.4. The lowest BCUT2D eigenvalue weighted by Crippen LogP contribution is -2.34. The summed E-state index contributed by atoms with van der Waals surface area (Å²) in [5.74, 6) is -2.32. The zero-order valence-electron chi connectivity index (χ0n) is 25.6. The van der Waals surface area contributed by atoms with Crippen molar-refractivity contribution in [3.05, 3.63) is 125 Å². The molecule has 5 aromatic rings. The van der Waals surface area contributed by atoms with Crippen LogP contribution in [0.15, 0.2) is 102 Å². The molecule has 10 nitrogen and oxygen atoms in total. The molecule has 0 saturated heterocycles. The number of hydrogen-bond acceptors (Lipinski definition) is 8. The normalized spacial score (nSPS) is 14.9. The van der Waals surface area contributed by atoms with E-state index in [1.54, 1.807) is 64.7 Å². The summed E-state index contributed by atoms with van der Waals surface area (Å²) in [6, 6.07) is 14.2. The third kappa shape index (κ3) is 7.22. The number of amides is 1. The molecule has 13 heteroatoms. The molecule has 2 N–H and O–H groups in total. The second-order valence-electron chi connectivity index (χ2n) is 10.9. The summed E-state index contributed by atoms with van der Waals surface area (Å²) in [7, 11) is 1.39. The Morgan fingerprint density at radius 3 is 2.73 bits per heavy atom. The van der Waals surface area contributed by atoms with Gasteiger partial charge >= 0.3 is 5.97 Å². The van der Waals surface area contributed by atoms with E-state index in [2.05, 4.69) is 26.8 Å². The number of nitrogens with zero attached hydrogens (tertiary/aromatic N) is 4. The van der Waals surface area contributed by atoms with Gasteiger partial charge in [-0.15, -0.1) is 11.3 Å². The molecule has 0 spiro atoms. The summed E-state index contributed by atoms with van der Waals surface area (Å²) in [5.41, 5.74) is 2.82. The second kappa shape index (κ2) is 14.1. The minimum atomic E-state index is -1.12. The molecule has 3 aromatic heterocycles. The number of allylic oxidation sites excluding steroid dienone is 3. The van der Waals surface area contributed by atoms with E-state index < -0.39 is 29.7 Å². The molecule has 244 valence electrons. The topological polar surface area (TPSA) is 128 Å². The third-order valence-electron chi connectivity index (χ3n) is 7.71. The van der Waals surface area contributed by atoms with Crippen molar-refractivity contribution in [3.8, 4) is 17.1 Å². The molecule has 2 aromatic carbocycles. The Bertz CT molecular complexity index is 2070. The second-order valence-corrected chi connectivity index (χ2v) is 11.8. The summed E-state index contributed by atoms with van der Waals surface area (Å²) in [4.78, 5) is 38.0. The van der Waals surface area contributed by atoms with Crippen LogP contribution in [0.5, 0.6) is 5.88 Å². The number of carboxylic acids is 1. The zero-order chi connectivity index (χ0) is 33.8. The number of aromatic carboxylic acids is 1. The minimum Gasteiger partial charge on any atom is -0.478 e. The average molecular weight is 670 g/mol. The van der Waals surface area contributed by atoms with Crippen LogP contribution in [0.2, 0.25) is 0 Å². The summed E-state index contributed by atoms with van der Waals surface area (Å²) < 4.78 is 42.9. The van der Waals surface area contributed by atoms with Gasteiger partial charge in [-0.25, -0.2) is 28.5 Å². The van der Waals surface area contributed by atoms with Gasteiger partial charge in [-0.2, -0.15) is 0 Å². The molecule has 0 bridgehead atoms. The van der Waals surface area contributed by atoms with Crippen molar-refractivity contribution in [2.24, 2.45) is 5.92 Å². The Hall–Kier alpha value is -5.53. The number of rotatable bonds is 12. The fourth-order valence-corrected chi connectivity index (χ4v) is 5.73. The maximum atomic E-state index is 15.7. The number of fused-ring (bicyclic) bond motifs is 1. The predicted molar refractivity (Wildman–Crippen MR) is 177 cm³/mol. The molecule has 3 heterocycles. The van der Waals surface area contributed by atoms with Crippen LogP contribution in [0.3, 0.4) is 0 Å². The van der Waals surface area contributed by atoms with E-state index in [4.69, 9.17) is 9.47 Å². The van der Waals surface area contributed by atoms with E-state index in [9.17, 15) is 19.1 Å². The number of pyridine rings is 1. The number of aromatic nitrogens is 4. The van der Waals surface area contributed by atoms with Crippen LogP contribution in [0.4, 0.5) is 13.9 Å². The van der Waals surface area contributed by atoms with Gasteiger partial charge in [-0.05, 0) is 47.5 Å². The van der Waals surface area contributed by atoms with Crippen LogP contribution in [0.1, 0.15) is 21.7 Å². The molecular weight excluding hydrogens is 640 g/mol. The van der Waals surface area contributed by atoms with E-state index in [1.807, 2.05) is 0 Å².